The lowest BCUT2D eigenvalue weighted by Crippen LogP contribution is -2.47. The van der Waals surface area contributed by atoms with Crippen molar-refractivity contribution in [3.05, 3.63) is 17.0 Å². The van der Waals surface area contributed by atoms with Crippen LogP contribution in [0.25, 0.3) is 0 Å². The maximum Gasteiger partial charge on any atom is 0.206 e. The van der Waals surface area contributed by atoms with Gasteiger partial charge in [-0.15, -0.1) is 0 Å². The van der Waals surface area contributed by atoms with Crippen LogP contribution in [0.3, 0.4) is 0 Å². The highest BCUT2D eigenvalue weighted by atomic mass is 16.5. The topological polar surface area (TPSA) is 97.7 Å². The third-order valence-electron chi connectivity index (χ3n) is 2.77. The van der Waals surface area contributed by atoms with E-state index in [2.05, 4.69) is 20.9 Å². The Kier molecular flexibility index (Phi) is 5.78. The largest absolute Gasteiger partial charge is 0.383 e. The second kappa shape index (κ2) is 7.10. The standard InChI is InChI=1S/C12H23N5O2/c1-7(6-18-5)14-12(16-13)15-8(2)11-9(3)17-19-10(11)4/h7-8H,6,13H2,1-5H3,(H2,14,15,16). The van der Waals surface area contributed by atoms with Crippen molar-refractivity contribution in [3.8, 4) is 0 Å². The van der Waals surface area contributed by atoms with Crippen molar-refractivity contribution in [3.63, 3.8) is 0 Å². The van der Waals surface area contributed by atoms with E-state index in [0.29, 0.717) is 12.6 Å². The minimum atomic E-state index is -0.0976. The van der Waals surface area contributed by atoms with Crippen molar-refractivity contribution in [2.24, 2.45) is 10.8 Å². The van der Waals surface area contributed by atoms with Crippen LogP contribution in [0.1, 0.15) is 36.9 Å². The van der Waals surface area contributed by atoms with Crippen molar-refractivity contribution in [2.45, 2.75) is 39.8 Å². The molecule has 7 nitrogen and oxygen atoms in total. The number of ether oxygens (including phenoxy) is 1. The zero-order valence-corrected chi connectivity index (χ0v) is 12.2. The molecule has 0 aliphatic carbocycles. The maximum atomic E-state index is 5.47. The van der Waals surface area contributed by atoms with Crippen molar-refractivity contribution in [1.29, 1.82) is 0 Å². The van der Waals surface area contributed by atoms with Gasteiger partial charge >= 0.3 is 0 Å². The molecule has 1 aromatic heterocycles. The zero-order chi connectivity index (χ0) is 14.4. The van der Waals surface area contributed by atoms with Crippen LogP contribution in [-0.4, -0.2) is 30.9 Å². The number of hydrazine groups is 1. The molecule has 0 spiro atoms. The SMILES string of the molecule is COCC(C)NC(=NC(C)c1c(C)noc1C)NN. The summed E-state index contributed by atoms with van der Waals surface area (Å²) in [6.45, 7) is 8.29. The Balaban J connectivity index is 2.80. The Morgan fingerprint density at radius 2 is 2.16 bits per heavy atom. The number of aromatic nitrogens is 1. The second-order valence-corrected chi connectivity index (χ2v) is 4.54. The Bertz CT molecular complexity index is 410. The van der Waals surface area contributed by atoms with Crippen molar-refractivity contribution >= 4 is 5.96 Å². The summed E-state index contributed by atoms with van der Waals surface area (Å²) in [5, 5.41) is 7.06. The molecular weight excluding hydrogens is 246 g/mol. The van der Waals surface area contributed by atoms with Gasteiger partial charge in [0, 0.05) is 18.7 Å². The van der Waals surface area contributed by atoms with Crippen LogP contribution in [0.2, 0.25) is 0 Å². The van der Waals surface area contributed by atoms with Crippen LogP contribution in [0.15, 0.2) is 9.52 Å². The summed E-state index contributed by atoms with van der Waals surface area (Å²) in [7, 11) is 1.65. The van der Waals surface area contributed by atoms with Crippen LogP contribution in [-0.2, 0) is 4.74 Å². The first-order valence-corrected chi connectivity index (χ1v) is 6.22. The quantitative estimate of drug-likeness (QED) is 0.316. The van der Waals surface area contributed by atoms with Crippen LogP contribution in [0.4, 0.5) is 0 Å². The van der Waals surface area contributed by atoms with Crippen LogP contribution in [0, 0.1) is 13.8 Å². The van der Waals surface area contributed by atoms with Crippen LogP contribution in [0.5, 0.6) is 0 Å². The molecule has 0 saturated heterocycles. The number of hydrogen-bond donors (Lipinski definition) is 3. The molecule has 0 radical (unpaired) electrons. The lowest BCUT2D eigenvalue weighted by atomic mass is 10.1. The number of nitrogens with zero attached hydrogens (tertiary/aromatic N) is 2. The minimum absolute atomic E-state index is 0.0976. The molecule has 0 saturated carbocycles. The van der Waals surface area contributed by atoms with E-state index in [0.717, 1.165) is 17.0 Å². The van der Waals surface area contributed by atoms with Gasteiger partial charge in [-0.2, -0.15) is 0 Å². The van der Waals surface area contributed by atoms with E-state index in [1.807, 2.05) is 27.7 Å². The molecule has 1 rings (SSSR count). The Hall–Kier alpha value is -1.60. The normalized spacial score (nSPS) is 15.2. The Morgan fingerprint density at radius 1 is 1.47 bits per heavy atom. The van der Waals surface area contributed by atoms with E-state index >= 15 is 0 Å². The van der Waals surface area contributed by atoms with E-state index in [-0.39, 0.29) is 12.1 Å². The average molecular weight is 269 g/mol. The number of aliphatic imine (C=N–C) groups is 1. The number of aryl methyl sites for hydroxylation is 2. The summed E-state index contributed by atoms with van der Waals surface area (Å²) >= 11 is 0. The predicted molar refractivity (Wildman–Crippen MR) is 73.6 cm³/mol. The maximum absolute atomic E-state index is 5.47. The van der Waals surface area contributed by atoms with Gasteiger partial charge in [-0.25, -0.2) is 10.8 Å². The fourth-order valence-corrected chi connectivity index (χ4v) is 1.99. The minimum Gasteiger partial charge on any atom is -0.383 e. The molecule has 2 unspecified atom stereocenters. The first-order valence-electron chi connectivity index (χ1n) is 6.22. The number of rotatable bonds is 5. The van der Waals surface area contributed by atoms with Gasteiger partial charge in [-0.3, -0.25) is 5.43 Å². The highest BCUT2D eigenvalue weighted by Crippen LogP contribution is 2.23. The monoisotopic (exact) mass is 269 g/mol. The Labute approximate surface area is 113 Å². The number of nitrogens with one attached hydrogen (secondary N) is 2. The van der Waals surface area contributed by atoms with Gasteiger partial charge in [0.2, 0.25) is 5.96 Å². The highest BCUT2D eigenvalue weighted by molar-refractivity contribution is 5.79. The molecule has 1 heterocycles. The van der Waals surface area contributed by atoms with E-state index < -0.39 is 0 Å². The summed E-state index contributed by atoms with van der Waals surface area (Å²) < 4.78 is 10.2. The smallest absolute Gasteiger partial charge is 0.206 e. The molecule has 0 amide bonds. The molecule has 108 valence electrons. The van der Waals surface area contributed by atoms with Crippen LogP contribution >= 0.6 is 0 Å². The van der Waals surface area contributed by atoms with Gasteiger partial charge in [-0.05, 0) is 27.7 Å². The first-order chi connectivity index (χ1) is 8.99. The van der Waals surface area contributed by atoms with E-state index in [9.17, 15) is 0 Å². The van der Waals surface area contributed by atoms with E-state index in [1.165, 1.54) is 0 Å². The van der Waals surface area contributed by atoms with Crippen molar-refractivity contribution in [2.75, 3.05) is 13.7 Å². The summed E-state index contributed by atoms with van der Waals surface area (Å²) in [5.41, 5.74) is 4.38. The van der Waals surface area contributed by atoms with Gasteiger partial charge in [0.1, 0.15) is 5.76 Å². The molecule has 0 fully saturated rings. The molecule has 19 heavy (non-hydrogen) atoms. The van der Waals surface area contributed by atoms with Gasteiger partial charge in [0.15, 0.2) is 0 Å². The van der Waals surface area contributed by atoms with Crippen molar-refractivity contribution in [1.82, 2.24) is 15.9 Å². The highest BCUT2D eigenvalue weighted by Gasteiger charge is 2.16. The summed E-state index contributed by atoms with van der Waals surface area (Å²) in [6, 6.07) is 0.0104. The number of methoxy groups -OCH3 is 1. The molecule has 7 heteroatoms. The van der Waals surface area contributed by atoms with Gasteiger partial charge in [0.25, 0.3) is 0 Å². The number of guanidine groups is 1. The molecular formula is C12H23N5O2. The zero-order valence-electron chi connectivity index (χ0n) is 12.2. The molecule has 0 aromatic carbocycles. The molecule has 4 N–H and O–H groups in total. The molecule has 0 aliphatic heterocycles. The fraction of sp³-hybridized carbons (Fsp3) is 0.667. The third-order valence-corrected chi connectivity index (χ3v) is 2.77. The molecule has 1 aromatic rings. The van der Waals surface area contributed by atoms with Gasteiger partial charge in [0.05, 0.1) is 18.3 Å². The molecule has 0 bridgehead atoms. The average Bonchev–Trinajstić information content (AvgIpc) is 2.68. The van der Waals surface area contributed by atoms with E-state index in [1.54, 1.807) is 7.11 Å². The van der Waals surface area contributed by atoms with Crippen LogP contribution < -0.4 is 16.6 Å². The van der Waals surface area contributed by atoms with Gasteiger partial charge < -0.3 is 14.6 Å². The predicted octanol–water partition coefficient (Wildman–Crippen LogP) is 0.796. The lowest BCUT2D eigenvalue weighted by Gasteiger charge is -2.17. The summed E-state index contributed by atoms with van der Waals surface area (Å²) in [4.78, 5) is 4.50. The fourth-order valence-electron chi connectivity index (χ4n) is 1.99. The van der Waals surface area contributed by atoms with Crippen molar-refractivity contribution < 1.29 is 9.26 Å². The second-order valence-electron chi connectivity index (χ2n) is 4.54. The number of hydrogen-bond acceptors (Lipinski definition) is 5. The lowest BCUT2D eigenvalue weighted by molar-refractivity contribution is 0.179. The Morgan fingerprint density at radius 3 is 2.63 bits per heavy atom. The van der Waals surface area contributed by atoms with Gasteiger partial charge in [-0.1, -0.05) is 5.16 Å². The molecule has 2 atom stereocenters. The number of nitrogens with two attached hydrogens (primary N) is 1. The third kappa shape index (κ3) is 4.22. The first kappa shape index (κ1) is 15.5. The summed E-state index contributed by atoms with van der Waals surface area (Å²) in [5.74, 6) is 6.76. The molecule has 0 aliphatic rings. The van der Waals surface area contributed by atoms with E-state index in [4.69, 9.17) is 15.1 Å². The summed E-state index contributed by atoms with van der Waals surface area (Å²) in [6.07, 6.45) is 0.